The van der Waals surface area contributed by atoms with Crippen LogP contribution in [0.25, 0.3) is 0 Å². The van der Waals surface area contributed by atoms with Crippen LogP contribution in [0.5, 0.6) is 0 Å². The lowest BCUT2D eigenvalue weighted by atomic mass is 10.2. The molecule has 2 fully saturated rings. The van der Waals surface area contributed by atoms with Crippen molar-refractivity contribution in [2.45, 2.75) is 37.5 Å². The summed E-state index contributed by atoms with van der Waals surface area (Å²) < 4.78 is 27.5. The average Bonchev–Trinajstić information content (AvgIpc) is 3.29. The zero-order valence-corrected chi connectivity index (χ0v) is 13.8. The van der Waals surface area contributed by atoms with Gasteiger partial charge in [-0.3, -0.25) is 0 Å². The van der Waals surface area contributed by atoms with E-state index in [4.69, 9.17) is 17.3 Å². The topological polar surface area (TPSA) is 63.4 Å². The van der Waals surface area contributed by atoms with Crippen molar-refractivity contribution in [3.8, 4) is 0 Å². The van der Waals surface area contributed by atoms with Gasteiger partial charge < -0.3 is 5.73 Å². The van der Waals surface area contributed by atoms with E-state index in [1.54, 1.807) is 17.3 Å². The van der Waals surface area contributed by atoms with Gasteiger partial charge in [0.15, 0.2) is 0 Å². The molecular weight excluding hydrogens is 308 g/mol. The number of aryl methyl sites for hydroxylation is 1. The van der Waals surface area contributed by atoms with Gasteiger partial charge in [-0.2, -0.15) is 4.31 Å². The Morgan fingerprint density at radius 1 is 1.19 bits per heavy atom. The van der Waals surface area contributed by atoms with Crippen molar-refractivity contribution in [1.82, 2.24) is 4.31 Å². The highest BCUT2D eigenvalue weighted by atomic mass is 35.5. The maximum Gasteiger partial charge on any atom is 0.243 e. The third-order valence-electron chi connectivity index (χ3n) is 4.21. The van der Waals surface area contributed by atoms with Crippen molar-refractivity contribution in [2.75, 3.05) is 18.8 Å². The van der Waals surface area contributed by atoms with Crippen molar-refractivity contribution >= 4 is 27.3 Å². The molecule has 1 aromatic rings. The van der Waals surface area contributed by atoms with Crippen molar-refractivity contribution in [1.29, 1.82) is 0 Å². The van der Waals surface area contributed by atoms with E-state index in [1.165, 1.54) is 6.07 Å². The van der Waals surface area contributed by atoms with E-state index in [-0.39, 0.29) is 4.90 Å². The molecule has 2 N–H and O–H groups in total. The van der Waals surface area contributed by atoms with E-state index in [9.17, 15) is 8.42 Å². The molecule has 0 radical (unpaired) electrons. The Morgan fingerprint density at radius 2 is 1.71 bits per heavy atom. The van der Waals surface area contributed by atoms with Crippen LogP contribution in [0.15, 0.2) is 17.0 Å². The van der Waals surface area contributed by atoms with Crippen LogP contribution in [0, 0.1) is 18.8 Å². The molecule has 6 heteroatoms. The molecule has 0 spiro atoms. The van der Waals surface area contributed by atoms with Gasteiger partial charge in [0.1, 0.15) is 0 Å². The summed E-state index contributed by atoms with van der Waals surface area (Å²) in [5.41, 5.74) is 6.86. The number of benzene rings is 1. The Kier molecular flexibility index (Phi) is 3.93. The third-order valence-corrected chi connectivity index (χ3v) is 6.54. The van der Waals surface area contributed by atoms with Crippen molar-refractivity contribution in [2.24, 2.45) is 11.8 Å². The molecule has 2 saturated carbocycles. The first-order valence-corrected chi connectivity index (χ1v) is 9.25. The standard InChI is InChI=1S/C15H21ClN2O2S/c1-10-6-13(7-14(17)15(10)16)21(19,20)18(8-11-2-3-11)9-12-4-5-12/h6-7,11-12H,2-5,8-9,17H2,1H3. The second-order valence-corrected chi connectivity index (χ2v) is 8.67. The summed E-state index contributed by atoms with van der Waals surface area (Å²) in [7, 11) is -3.48. The van der Waals surface area contributed by atoms with Crippen molar-refractivity contribution < 1.29 is 8.42 Å². The number of hydrogen-bond donors (Lipinski definition) is 1. The molecule has 0 bridgehead atoms. The molecule has 0 heterocycles. The monoisotopic (exact) mass is 328 g/mol. The molecular formula is C15H21ClN2O2S. The molecule has 2 aliphatic rings. The predicted octanol–water partition coefficient (Wildman–Crippen LogP) is 3.04. The summed E-state index contributed by atoms with van der Waals surface area (Å²) in [6.45, 7) is 3.06. The minimum Gasteiger partial charge on any atom is -0.397 e. The molecule has 0 aromatic heterocycles. The van der Waals surface area contributed by atoms with E-state index in [1.807, 2.05) is 0 Å². The fourth-order valence-electron chi connectivity index (χ4n) is 2.51. The number of nitrogens with zero attached hydrogens (tertiary/aromatic N) is 1. The number of rotatable bonds is 6. The Morgan fingerprint density at radius 3 is 2.14 bits per heavy atom. The fourth-order valence-corrected chi connectivity index (χ4v) is 4.33. The highest BCUT2D eigenvalue weighted by Gasteiger charge is 2.35. The first-order chi connectivity index (χ1) is 9.88. The van der Waals surface area contributed by atoms with E-state index in [0.717, 1.165) is 25.7 Å². The number of anilines is 1. The van der Waals surface area contributed by atoms with Crippen LogP contribution < -0.4 is 5.73 Å². The van der Waals surface area contributed by atoms with Gasteiger partial charge in [0, 0.05) is 13.1 Å². The van der Waals surface area contributed by atoms with Gasteiger partial charge in [-0.05, 0) is 62.1 Å². The second kappa shape index (κ2) is 5.45. The van der Waals surface area contributed by atoms with Crippen LogP contribution in [0.2, 0.25) is 5.02 Å². The molecule has 1 aromatic carbocycles. The molecule has 0 atom stereocenters. The first-order valence-electron chi connectivity index (χ1n) is 7.43. The van der Waals surface area contributed by atoms with Crippen LogP contribution in [0.3, 0.4) is 0 Å². The first kappa shape index (κ1) is 15.1. The van der Waals surface area contributed by atoms with Gasteiger partial charge in [-0.25, -0.2) is 8.42 Å². The fraction of sp³-hybridized carbons (Fsp3) is 0.600. The molecule has 4 nitrogen and oxygen atoms in total. The lowest BCUT2D eigenvalue weighted by molar-refractivity contribution is 0.382. The Labute approximate surface area is 131 Å². The molecule has 3 rings (SSSR count). The van der Waals surface area contributed by atoms with Gasteiger partial charge in [0.25, 0.3) is 0 Å². The normalized spacial score (nSPS) is 19.2. The molecule has 0 amide bonds. The van der Waals surface area contributed by atoms with Crippen LogP contribution in [0.4, 0.5) is 5.69 Å². The Bertz CT molecular complexity index is 615. The molecule has 0 aliphatic heterocycles. The largest absolute Gasteiger partial charge is 0.397 e. The van der Waals surface area contributed by atoms with Crippen LogP contribution in [-0.2, 0) is 10.0 Å². The van der Waals surface area contributed by atoms with Gasteiger partial charge >= 0.3 is 0 Å². The summed E-state index contributed by atoms with van der Waals surface area (Å²) in [6.07, 6.45) is 4.55. The van der Waals surface area contributed by atoms with Gasteiger partial charge in [0.05, 0.1) is 15.6 Å². The summed E-state index contributed by atoms with van der Waals surface area (Å²) in [5.74, 6) is 1.06. The molecule has 0 saturated heterocycles. The zero-order valence-electron chi connectivity index (χ0n) is 12.2. The molecule has 116 valence electrons. The van der Waals surface area contributed by atoms with Crippen LogP contribution in [-0.4, -0.2) is 25.8 Å². The highest BCUT2D eigenvalue weighted by Crippen LogP contribution is 2.37. The Hall–Kier alpha value is -0.780. The maximum absolute atomic E-state index is 12.9. The lowest BCUT2D eigenvalue weighted by Crippen LogP contribution is -2.34. The molecule has 21 heavy (non-hydrogen) atoms. The van der Waals surface area contributed by atoms with Crippen LogP contribution in [0.1, 0.15) is 31.2 Å². The number of sulfonamides is 1. The quantitative estimate of drug-likeness (QED) is 0.816. The molecule has 2 aliphatic carbocycles. The number of nitrogen functional groups attached to an aromatic ring is 1. The molecule has 0 unspecified atom stereocenters. The van der Waals surface area contributed by atoms with Gasteiger partial charge in [0.2, 0.25) is 10.0 Å². The Balaban J connectivity index is 1.91. The minimum absolute atomic E-state index is 0.267. The smallest absolute Gasteiger partial charge is 0.243 e. The predicted molar refractivity (Wildman–Crippen MR) is 84.8 cm³/mol. The van der Waals surface area contributed by atoms with Gasteiger partial charge in [-0.15, -0.1) is 0 Å². The van der Waals surface area contributed by atoms with E-state index >= 15 is 0 Å². The van der Waals surface area contributed by atoms with E-state index in [0.29, 0.717) is 41.2 Å². The highest BCUT2D eigenvalue weighted by molar-refractivity contribution is 7.89. The van der Waals surface area contributed by atoms with E-state index in [2.05, 4.69) is 0 Å². The average molecular weight is 329 g/mol. The number of hydrogen-bond acceptors (Lipinski definition) is 3. The summed E-state index contributed by atoms with van der Waals surface area (Å²) >= 11 is 6.03. The number of halogens is 1. The maximum atomic E-state index is 12.9. The summed E-state index contributed by atoms with van der Waals surface area (Å²) in [5, 5.41) is 0.435. The van der Waals surface area contributed by atoms with Gasteiger partial charge in [-0.1, -0.05) is 11.6 Å². The minimum atomic E-state index is -3.48. The number of nitrogens with two attached hydrogens (primary N) is 1. The van der Waals surface area contributed by atoms with Crippen molar-refractivity contribution in [3.63, 3.8) is 0 Å². The lowest BCUT2D eigenvalue weighted by Gasteiger charge is -2.22. The third kappa shape index (κ3) is 3.35. The second-order valence-electron chi connectivity index (χ2n) is 6.35. The van der Waals surface area contributed by atoms with Crippen LogP contribution >= 0.6 is 11.6 Å². The van der Waals surface area contributed by atoms with Crippen molar-refractivity contribution in [3.05, 3.63) is 22.7 Å². The summed E-state index contributed by atoms with van der Waals surface area (Å²) in [6, 6.07) is 3.11. The SMILES string of the molecule is Cc1cc(S(=O)(=O)N(CC2CC2)CC2CC2)cc(N)c1Cl. The summed E-state index contributed by atoms with van der Waals surface area (Å²) in [4.78, 5) is 0.267. The zero-order chi connectivity index (χ0) is 15.2. The van der Waals surface area contributed by atoms with E-state index < -0.39 is 10.0 Å².